The Kier molecular flexibility index (Phi) is 4.55. The van der Waals surface area contributed by atoms with Gasteiger partial charge < -0.3 is 10.3 Å². The fraction of sp³-hybridized carbons (Fsp3) is 0.300. The number of imidazole rings is 1. The van der Waals surface area contributed by atoms with Gasteiger partial charge in [0.05, 0.1) is 11.3 Å². The van der Waals surface area contributed by atoms with Gasteiger partial charge in [-0.1, -0.05) is 11.3 Å². The summed E-state index contributed by atoms with van der Waals surface area (Å²) in [5.74, 6) is 0. The van der Waals surface area contributed by atoms with Crippen LogP contribution in [-0.2, 0) is 16.4 Å². The molecule has 2 aromatic rings. The van der Waals surface area contributed by atoms with E-state index in [-0.39, 0.29) is 21.4 Å². The van der Waals surface area contributed by atoms with Gasteiger partial charge in [-0.15, -0.1) is 0 Å². The maximum atomic E-state index is 12.1. The summed E-state index contributed by atoms with van der Waals surface area (Å²) in [6.07, 6.45) is 3.56. The number of nitrogens with one attached hydrogen (secondary N) is 3. The van der Waals surface area contributed by atoms with E-state index in [1.807, 2.05) is 0 Å². The monoisotopic (exact) mass is 331 g/mol. The minimum atomic E-state index is -3.77. The van der Waals surface area contributed by atoms with Gasteiger partial charge in [0.2, 0.25) is 10.0 Å². The van der Waals surface area contributed by atoms with Gasteiger partial charge >= 0.3 is 5.69 Å². The Bertz CT molecular complexity index is 723. The third-order valence-corrected chi connectivity index (χ3v) is 5.70. The van der Waals surface area contributed by atoms with E-state index in [0.29, 0.717) is 6.42 Å². The van der Waals surface area contributed by atoms with Gasteiger partial charge in [-0.2, -0.15) is 0 Å². The normalized spacial score (nSPS) is 11.5. The molecular weight excluding hydrogens is 318 g/mol. The number of hydrogen-bond acceptors (Lipinski definition) is 7. The van der Waals surface area contributed by atoms with Crippen molar-refractivity contribution in [2.45, 2.75) is 10.6 Å². The minimum absolute atomic E-state index is 0.0943. The molecule has 0 unspecified atom stereocenters. The summed E-state index contributed by atoms with van der Waals surface area (Å²) in [6.45, 7) is 0.172. The number of nitro groups is 1. The first-order chi connectivity index (χ1) is 9.94. The third-order valence-electron chi connectivity index (χ3n) is 2.62. The summed E-state index contributed by atoms with van der Waals surface area (Å²) in [7, 11) is -2.27. The summed E-state index contributed by atoms with van der Waals surface area (Å²) < 4.78 is 26.5. The fourth-order valence-electron chi connectivity index (χ4n) is 1.62. The maximum absolute atomic E-state index is 12.1. The average molecular weight is 331 g/mol. The summed E-state index contributed by atoms with van der Waals surface area (Å²) >= 11 is 0.819. The Morgan fingerprint density at radius 2 is 2.29 bits per heavy atom. The molecule has 114 valence electrons. The van der Waals surface area contributed by atoms with Crippen LogP contribution in [0.2, 0.25) is 0 Å². The van der Waals surface area contributed by atoms with Crippen molar-refractivity contribution < 1.29 is 13.3 Å². The maximum Gasteiger partial charge on any atom is 0.304 e. The first kappa shape index (κ1) is 15.4. The molecule has 0 aliphatic carbocycles. The SMILES string of the molecule is CNc1sc(S(=O)(=O)NCCc2cnc[nH]2)cc1[N+](=O)[O-]. The molecular formula is C10H13N5O4S2. The molecule has 0 saturated carbocycles. The quantitative estimate of drug-likeness (QED) is 0.511. The van der Waals surface area contributed by atoms with E-state index in [0.717, 1.165) is 23.1 Å². The lowest BCUT2D eigenvalue weighted by Crippen LogP contribution is -2.25. The molecule has 0 atom stereocenters. The number of thiophene rings is 1. The van der Waals surface area contributed by atoms with Crippen LogP contribution in [0.3, 0.4) is 0 Å². The zero-order valence-electron chi connectivity index (χ0n) is 11.0. The molecule has 0 saturated heterocycles. The molecule has 2 heterocycles. The van der Waals surface area contributed by atoms with Crippen molar-refractivity contribution in [1.29, 1.82) is 0 Å². The van der Waals surface area contributed by atoms with E-state index in [2.05, 4.69) is 20.0 Å². The molecule has 0 spiro atoms. The Morgan fingerprint density at radius 1 is 1.52 bits per heavy atom. The van der Waals surface area contributed by atoms with Crippen LogP contribution < -0.4 is 10.0 Å². The highest BCUT2D eigenvalue weighted by Gasteiger charge is 2.25. The summed E-state index contributed by atoms with van der Waals surface area (Å²) in [4.78, 5) is 16.9. The number of aromatic nitrogens is 2. The average Bonchev–Trinajstić information content (AvgIpc) is 3.07. The highest BCUT2D eigenvalue weighted by atomic mass is 32.2. The van der Waals surface area contributed by atoms with Gasteiger partial charge in [-0.25, -0.2) is 18.1 Å². The Balaban J connectivity index is 2.10. The zero-order chi connectivity index (χ0) is 15.5. The molecule has 2 aromatic heterocycles. The van der Waals surface area contributed by atoms with E-state index in [1.54, 1.807) is 6.20 Å². The first-order valence-corrected chi connectivity index (χ1v) is 8.17. The second-order valence-corrected chi connectivity index (χ2v) is 7.06. The molecule has 0 aliphatic heterocycles. The van der Waals surface area contributed by atoms with Crippen molar-refractivity contribution in [3.05, 3.63) is 34.4 Å². The highest BCUT2D eigenvalue weighted by molar-refractivity contribution is 7.91. The Labute approximate surface area is 124 Å². The standard InChI is InChI=1S/C10H13N5O4S2/c1-11-10-8(15(16)17)4-9(20-10)21(18,19)14-3-2-7-5-12-6-13-7/h4-6,11,14H,2-3H2,1H3,(H,12,13). The van der Waals surface area contributed by atoms with Crippen LogP contribution in [0.5, 0.6) is 0 Å². The lowest BCUT2D eigenvalue weighted by molar-refractivity contribution is -0.383. The van der Waals surface area contributed by atoms with Crippen molar-refractivity contribution in [3.8, 4) is 0 Å². The van der Waals surface area contributed by atoms with E-state index < -0.39 is 14.9 Å². The number of rotatable bonds is 7. The second kappa shape index (κ2) is 6.20. The molecule has 0 aliphatic rings. The molecule has 9 nitrogen and oxygen atoms in total. The fourth-order valence-corrected chi connectivity index (χ4v) is 3.98. The van der Waals surface area contributed by atoms with Gasteiger partial charge in [0.25, 0.3) is 0 Å². The van der Waals surface area contributed by atoms with Crippen LogP contribution in [0.15, 0.2) is 22.8 Å². The van der Waals surface area contributed by atoms with Gasteiger partial charge in [0, 0.05) is 38.0 Å². The highest BCUT2D eigenvalue weighted by Crippen LogP contribution is 2.36. The van der Waals surface area contributed by atoms with Crippen molar-refractivity contribution in [2.75, 3.05) is 18.9 Å². The first-order valence-electron chi connectivity index (χ1n) is 5.87. The molecule has 0 aromatic carbocycles. The Morgan fingerprint density at radius 3 is 2.81 bits per heavy atom. The second-order valence-electron chi connectivity index (χ2n) is 4.01. The molecule has 0 fully saturated rings. The lowest BCUT2D eigenvalue weighted by Gasteiger charge is -2.03. The number of H-pyrrole nitrogens is 1. The number of nitrogens with zero attached hydrogens (tertiary/aromatic N) is 2. The third kappa shape index (κ3) is 3.56. The minimum Gasteiger partial charge on any atom is -0.374 e. The van der Waals surface area contributed by atoms with Crippen LogP contribution in [-0.4, -0.2) is 36.9 Å². The van der Waals surface area contributed by atoms with E-state index in [1.165, 1.54) is 13.4 Å². The van der Waals surface area contributed by atoms with Gasteiger partial charge in [0.15, 0.2) is 5.00 Å². The number of hydrogen-bond donors (Lipinski definition) is 3. The summed E-state index contributed by atoms with van der Waals surface area (Å²) in [5.41, 5.74) is 0.544. The predicted octanol–water partition coefficient (Wildman–Crippen LogP) is 0.942. The molecule has 21 heavy (non-hydrogen) atoms. The molecule has 0 radical (unpaired) electrons. The van der Waals surface area contributed by atoms with E-state index >= 15 is 0 Å². The molecule has 0 amide bonds. The van der Waals surface area contributed by atoms with Crippen molar-refractivity contribution >= 4 is 32.0 Å². The van der Waals surface area contributed by atoms with E-state index in [9.17, 15) is 18.5 Å². The van der Waals surface area contributed by atoms with Crippen LogP contribution in [0.25, 0.3) is 0 Å². The van der Waals surface area contributed by atoms with Gasteiger partial charge in [-0.3, -0.25) is 10.1 Å². The summed E-state index contributed by atoms with van der Waals surface area (Å²) in [6, 6.07) is 1.05. The van der Waals surface area contributed by atoms with Gasteiger partial charge in [-0.05, 0) is 0 Å². The van der Waals surface area contributed by atoms with Crippen LogP contribution in [0.1, 0.15) is 5.69 Å². The van der Waals surface area contributed by atoms with Crippen LogP contribution in [0.4, 0.5) is 10.7 Å². The predicted molar refractivity (Wildman–Crippen MR) is 78.0 cm³/mol. The number of anilines is 1. The van der Waals surface area contributed by atoms with Crippen LogP contribution in [0, 0.1) is 10.1 Å². The molecule has 11 heteroatoms. The van der Waals surface area contributed by atoms with Crippen molar-refractivity contribution in [2.24, 2.45) is 0 Å². The molecule has 3 N–H and O–H groups in total. The lowest BCUT2D eigenvalue weighted by atomic mass is 10.3. The van der Waals surface area contributed by atoms with E-state index in [4.69, 9.17) is 0 Å². The Hall–Kier alpha value is -1.98. The number of aromatic amines is 1. The topological polar surface area (TPSA) is 130 Å². The summed E-state index contributed by atoms with van der Waals surface area (Å²) in [5, 5.41) is 13.7. The van der Waals surface area contributed by atoms with Gasteiger partial charge in [0.1, 0.15) is 4.21 Å². The van der Waals surface area contributed by atoms with Crippen molar-refractivity contribution in [1.82, 2.24) is 14.7 Å². The van der Waals surface area contributed by atoms with Crippen LogP contribution >= 0.6 is 11.3 Å². The number of sulfonamides is 1. The molecule has 0 bridgehead atoms. The molecule has 2 rings (SSSR count). The smallest absolute Gasteiger partial charge is 0.304 e. The largest absolute Gasteiger partial charge is 0.374 e. The van der Waals surface area contributed by atoms with Crippen molar-refractivity contribution in [3.63, 3.8) is 0 Å². The zero-order valence-corrected chi connectivity index (χ0v) is 12.6.